The van der Waals surface area contributed by atoms with E-state index in [0.29, 0.717) is 0 Å². The van der Waals surface area contributed by atoms with Crippen LogP contribution in [0.4, 0.5) is 18.9 Å². The van der Waals surface area contributed by atoms with Gasteiger partial charge in [0.1, 0.15) is 0 Å². The van der Waals surface area contributed by atoms with Crippen molar-refractivity contribution in [2.24, 2.45) is 5.84 Å². The average Bonchev–Trinajstić information content (AvgIpc) is 2.03. The zero-order chi connectivity index (χ0) is 9.19. The Labute approximate surface area is 66.4 Å². The number of nitrogens with one attached hydrogen (secondary N) is 1. The Hall–Kier alpha value is -1.30. The van der Waals surface area contributed by atoms with Crippen molar-refractivity contribution >= 4 is 5.69 Å². The second kappa shape index (κ2) is 2.98. The van der Waals surface area contributed by atoms with E-state index in [1.807, 2.05) is 5.43 Å². The Morgan fingerprint density at radius 3 is 2.50 bits per heavy atom. The SMILES string of the molecule is NNc1cnccc1C(F)(F)F. The summed E-state index contributed by atoms with van der Waals surface area (Å²) in [5, 5.41) is 0. The van der Waals surface area contributed by atoms with Crippen LogP contribution in [-0.2, 0) is 6.18 Å². The monoisotopic (exact) mass is 177 g/mol. The molecule has 1 aromatic heterocycles. The summed E-state index contributed by atoms with van der Waals surface area (Å²) in [5.41, 5.74) is 0.869. The molecule has 0 spiro atoms. The fraction of sp³-hybridized carbons (Fsp3) is 0.167. The topological polar surface area (TPSA) is 50.9 Å². The molecule has 0 saturated carbocycles. The molecule has 0 bridgehead atoms. The normalized spacial score (nSPS) is 11.3. The van der Waals surface area contributed by atoms with Crippen LogP contribution >= 0.6 is 0 Å². The van der Waals surface area contributed by atoms with E-state index in [9.17, 15) is 13.2 Å². The van der Waals surface area contributed by atoms with Gasteiger partial charge in [-0.05, 0) is 6.07 Å². The fourth-order valence-electron chi connectivity index (χ4n) is 0.757. The lowest BCUT2D eigenvalue weighted by molar-refractivity contribution is -0.137. The first kappa shape index (κ1) is 8.79. The van der Waals surface area contributed by atoms with E-state index >= 15 is 0 Å². The third-order valence-electron chi connectivity index (χ3n) is 1.28. The van der Waals surface area contributed by atoms with Crippen molar-refractivity contribution in [1.82, 2.24) is 4.98 Å². The number of nitrogens with zero attached hydrogens (tertiary/aromatic N) is 1. The van der Waals surface area contributed by atoms with E-state index < -0.39 is 11.7 Å². The van der Waals surface area contributed by atoms with Crippen LogP contribution in [0.25, 0.3) is 0 Å². The van der Waals surface area contributed by atoms with Crippen LogP contribution < -0.4 is 11.3 Å². The first-order valence-corrected chi connectivity index (χ1v) is 3.03. The quantitative estimate of drug-likeness (QED) is 0.503. The van der Waals surface area contributed by atoms with Gasteiger partial charge in [0.15, 0.2) is 0 Å². The zero-order valence-corrected chi connectivity index (χ0v) is 5.89. The van der Waals surface area contributed by atoms with Gasteiger partial charge in [0.05, 0.1) is 17.4 Å². The lowest BCUT2D eigenvalue weighted by atomic mass is 10.2. The van der Waals surface area contributed by atoms with Crippen molar-refractivity contribution < 1.29 is 13.2 Å². The lowest BCUT2D eigenvalue weighted by Crippen LogP contribution is -2.14. The maximum Gasteiger partial charge on any atom is 0.418 e. The Morgan fingerprint density at radius 2 is 2.08 bits per heavy atom. The number of anilines is 1. The van der Waals surface area contributed by atoms with Gasteiger partial charge in [-0.15, -0.1) is 0 Å². The number of hydrazine groups is 1. The van der Waals surface area contributed by atoms with E-state index in [1.165, 1.54) is 0 Å². The first-order chi connectivity index (χ1) is 5.55. The molecule has 0 amide bonds. The average molecular weight is 177 g/mol. The van der Waals surface area contributed by atoms with Gasteiger partial charge in [-0.1, -0.05) is 0 Å². The summed E-state index contributed by atoms with van der Waals surface area (Å²) >= 11 is 0. The molecule has 6 heteroatoms. The maximum absolute atomic E-state index is 12.1. The minimum atomic E-state index is -4.40. The van der Waals surface area contributed by atoms with Crippen LogP contribution in [0.2, 0.25) is 0 Å². The molecule has 0 atom stereocenters. The van der Waals surface area contributed by atoms with Crippen molar-refractivity contribution in [1.29, 1.82) is 0 Å². The highest BCUT2D eigenvalue weighted by atomic mass is 19.4. The van der Waals surface area contributed by atoms with Gasteiger partial charge in [0.2, 0.25) is 0 Å². The fourth-order valence-corrected chi connectivity index (χ4v) is 0.757. The minimum absolute atomic E-state index is 0.231. The molecule has 66 valence electrons. The predicted octanol–water partition coefficient (Wildman–Crippen LogP) is 1.39. The Morgan fingerprint density at radius 1 is 1.42 bits per heavy atom. The summed E-state index contributed by atoms with van der Waals surface area (Å²) in [4.78, 5) is 3.49. The molecule has 0 aromatic carbocycles. The summed E-state index contributed by atoms with van der Waals surface area (Å²) in [6.07, 6.45) is -2.32. The smallest absolute Gasteiger partial charge is 0.322 e. The standard InChI is InChI=1S/C6H6F3N3/c7-6(8,9)4-1-2-11-3-5(4)12-10/h1-3,12H,10H2. The van der Waals surface area contributed by atoms with Crippen LogP contribution in [0.3, 0.4) is 0 Å². The Bertz CT molecular complexity index is 271. The highest BCUT2D eigenvalue weighted by Crippen LogP contribution is 2.33. The molecule has 0 radical (unpaired) electrons. The van der Waals surface area contributed by atoms with Crippen LogP contribution in [0.1, 0.15) is 5.56 Å². The van der Waals surface area contributed by atoms with Gasteiger partial charge in [-0.3, -0.25) is 10.8 Å². The first-order valence-electron chi connectivity index (χ1n) is 3.03. The molecule has 12 heavy (non-hydrogen) atoms. The summed E-state index contributed by atoms with van der Waals surface area (Å²) in [6.45, 7) is 0. The van der Waals surface area contributed by atoms with Crippen molar-refractivity contribution in [3.05, 3.63) is 24.0 Å². The summed E-state index contributed by atoms with van der Waals surface area (Å²) in [7, 11) is 0. The second-order valence-corrected chi connectivity index (χ2v) is 2.06. The van der Waals surface area contributed by atoms with Gasteiger partial charge in [0, 0.05) is 6.20 Å². The molecular formula is C6H6F3N3. The molecule has 0 aliphatic heterocycles. The molecule has 1 aromatic rings. The molecule has 0 fully saturated rings. The number of aromatic nitrogens is 1. The second-order valence-electron chi connectivity index (χ2n) is 2.06. The molecular weight excluding hydrogens is 171 g/mol. The highest BCUT2D eigenvalue weighted by Gasteiger charge is 2.33. The van der Waals surface area contributed by atoms with E-state index in [2.05, 4.69) is 4.98 Å². The summed E-state index contributed by atoms with van der Waals surface area (Å²) in [6, 6.07) is 0.856. The number of alkyl halides is 3. The van der Waals surface area contributed by atoms with Gasteiger partial charge in [0.25, 0.3) is 0 Å². The van der Waals surface area contributed by atoms with Gasteiger partial charge < -0.3 is 5.43 Å². The van der Waals surface area contributed by atoms with Gasteiger partial charge >= 0.3 is 6.18 Å². The number of nitrogen functional groups attached to an aromatic ring is 1. The van der Waals surface area contributed by atoms with Crippen LogP contribution in [0.5, 0.6) is 0 Å². The van der Waals surface area contributed by atoms with Crippen molar-refractivity contribution in [2.45, 2.75) is 6.18 Å². The Kier molecular flexibility index (Phi) is 2.18. The molecule has 0 saturated heterocycles. The molecule has 0 unspecified atom stereocenters. The van der Waals surface area contributed by atoms with E-state index in [4.69, 9.17) is 5.84 Å². The summed E-state index contributed by atoms with van der Waals surface area (Å²) < 4.78 is 36.3. The third-order valence-corrected chi connectivity index (χ3v) is 1.28. The molecule has 3 N–H and O–H groups in total. The van der Waals surface area contributed by atoms with Crippen molar-refractivity contribution in [3.63, 3.8) is 0 Å². The molecule has 0 aliphatic rings. The highest BCUT2D eigenvalue weighted by molar-refractivity contribution is 5.49. The molecule has 3 nitrogen and oxygen atoms in total. The lowest BCUT2D eigenvalue weighted by Gasteiger charge is -2.10. The predicted molar refractivity (Wildman–Crippen MR) is 37.0 cm³/mol. The van der Waals surface area contributed by atoms with Gasteiger partial charge in [-0.25, -0.2) is 0 Å². The van der Waals surface area contributed by atoms with Crippen LogP contribution in [-0.4, -0.2) is 4.98 Å². The molecule has 1 heterocycles. The number of hydrogen-bond acceptors (Lipinski definition) is 3. The molecule has 1 rings (SSSR count). The van der Waals surface area contributed by atoms with Gasteiger partial charge in [-0.2, -0.15) is 13.2 Å². The van der Waals surface area contributed by atoms with Crippen molar-refractivity contribution in [3.8, 4) is 0 Å². The number of nitrogens with two attached hydrogens (primary N) is 1. The van der Waals surface area contributed by atoms with E-state index in [1.54, 1.807) is 0 Å². The van der Waals surface area contributed by atoms with Crippen LogP contribution in [0, 0.1) is 0 Å². The number of pyridine rings is 1. The Balaban J connectivity index is 3.14. The summed E-state index contributed by atoms with van der Waals surface area (Å²) in [5.74, 6) is 4.86. The molecule has 0 aliphatic carbocycles. The van der Waals surface area contributed by atoms with Crippen molar-refractivity contribution in [2.75, 3.05) is 5.43 Å². The zero-order valence-electron chi connectivity index (χ0n) is 5.89. The minimum Gasteiger partial charge on any atom is -0.322 e. The number of halogens is 3. The van der Waals surface area contributed by atoms with E-state index in [-0.39, 0.29) is 5.69 Å². The van der Waals surface area contributed by atoms with Crippen LogP contribution in [0.15, 0.2) is 18.5 Å². The maximum atomic E-state index is 12.1. The van der Waals surface area contributed by atoms with E-state index in [0.717, 1.165) is 18.5 Å². The number of hydrogen-bond donors (Lipinski definition) is 2. The largest absolute Gasteiger partial charge is 0.418 e. The third kappa shape index (κ3) is 1.65. The number of rotatable bonds is 1.